The van der Waals surface area contributed by atoms with Crippen LogP contribution in [-0.2, 0) is 9.09 Å². The van der Waals surface area contributed by atoms with E-state index in [4.69, 9.17) is 20.6 Å². The molecular formula is C14H19BrClN2O9P. The van der Waals surface area contributed by atoms with Crippen molar-refractivity contribution in [2.24, 2.45) is 0 Å². The van der Waals surface area contributed by atoms with Crippen molar-refractivity contribution in [2.75, 3.05) is 0 Å². The zero-order valence-corrected chi connectivity index (χ0v) is 17.3. The average molecular weight is 506 g/mol. The minimum Gasteiger partial charge on any atom is -0.402 e. The molecule has 1 fully saturated rings. The molecule has 1 saturated carbocycles. The quantitative estimate of drug-likeness (QED) is 0.269. The SMILES string of the molecule is N.O=P(O)(Oc1c[nH]c2ccc(Br)c(Cl)c12)OC1C(O)C(O)C(O)C(O)C1O. The van der Waals surface area contributed by atoms with Gasteiger partial charge in [0.1, 0.15) is 36.6 Å². The molecule has 1 aromatic heterocycles. The molecule has 3 rings (SSSR count). The zero-order chi connectivity index (χ0) is 20.1. The summed E-state index contributed by atoms with van der Waals surface area (Å²) < 4.78 is 22.6. The predicted octanol–water partition coefficient (Wildman–Crippen LogP) is 0.428. The Morgan fingerprint density at radius 3 is 2.14 bits per heavy atom. The third kappa shape index (κ3) is 4.23. The second-order valence-corrected chi connectivity index (χ2v) is 8.58. The van der Waals surface area contributed by atoms with Crippen LogP contribution in [0, 0.1) is 0 Å². The fourth-order valence-corrected chi connectivity index (χ4v) is 4.40. The molecule has 1 aliphatic rings. The number of aliphatic hydroxyl groups excluding tert-OH is 5. The van der Waals surface area contributed by atoms with Crippen molar-refractivity contribution < 1.29 is 44.0 Å². The summed E-state index contributed by atoms with van der Waals surface area (Å²) in [5, 5.41) is 49.2. The summed E-state index contributed by atoms with van der Waals surface area (Å²) in [6.45, 7) is 0. The number of hydrogen-bond donors (Lipinski definition) is 8. The summed E-state index contributed by atoms with van der Waals surface area (Å²) in [6.07, 6.45) is -10.2. The van der Waals surface area contributed by atoms with Gasteiger partial charge in [0.05, 0.1) is 15.9 Å². The molecule has 28 heavy (non-hydrogen) atoms. The van der Waals surface area contributed by atoms with E-state index in [1.165, 1.54) is 6.20 Å². The van der Waals surface area contributed by atoms with Crippen molar-refractivity contribution in [2.45, 2.75) is 36.6 Å². The molecule has 1 aromatic carbocycles. The van der Waals surface area contributed by atoms with Gasteiger partial charge in [-0.15, -0.1) is 0 Å². The lowest BCUT2D eigenvalue weighted by atomic mass is 9.85. The maximum absolute atomic E-state index is 12.4. The van der Waals surface area contributed by atoms with Gasteiger partial charge in [-0.2, -0.15) is 0 Å². The van der Waals surface area contributed by atoms with Crippen LogP contribution in [0.2, 0.25) is 5.02 Å². The maximum atomic E-state index is 12.4. The highest BCUT2D eigenvalue weighted by molar-refractivity contribution is 9.10. The van der Waals surface area contributed by atoms with Gasteiger partial charge in [-0.25, -0.2) is 4.57 Å². The Morgan fingerprint density at radius 2 is 1.57 bits per heavy atom. The molecule has 0 bridgehead atoms. The number of nitrogens with one attached hydrogen (secondary N) is 1. The largest absolute Gasteiger partial charge is 0.527 e. The molecule has 11 nitrogen and oxygen atoms in total. The lowest BCUT2D eigenvalue weighted by Crippen LogP contribution is -2.64. The van der Waals surface area contributed by atoms with E-state index in [0.717, 1.165) is 0 Å². The number of halogens is 2. The fraction of sp³-hybridized carbons (Fsp3) is 0.429. The summed E-state index contributed by atoms with van der Waals surface area (Å²) in [6, 6.07) is 3.30. The standard InChI is InChI=1S/C14H16BrClNO9P.H3N/c15-4-1-2-5-7(8(4)16)6(3-17-5)25-27(23,24)26-14-12(21)10(19)9(18)11(20)13(14)22;/h1-3,9-14,17-22H,(H,23,24);1H3. The van der Waals surface area contributed by atoms with Crippen molar-refractivity contribution in [3.05, 3.63) is 27.8 Å². The first kappa shape index (κ1) is 23.5. The van der Waals surface area contributed by atoms with Gasteiger partial charge in [0.2, 0.25) is 0 Å². The van der Waals surface area contributed by atoms with Gasteiger partial charge >= 0.3 is 7.82 Å². The molecule has 0 spiro atoms. The summed E-state index contributed by atoms with van der Waals surface area (Å²) in [7, 11) is -4.95. The monoisotopic (exact) mass is 504 g/mol. The molecule has 0 aliphatic heterocycles. The van der Waals surface area contributed by atoms with Crippen molar-refractivity contribution in [3.63, 3.8) is 0 Å². The number of benzene rings is 1. The molecule has 1 heterocycles. The third-order valence-electron chi connectivity index (χ3n) is 4.24. The summed E-state index contributed by atoms with van der Waals surface area (Å²) >= 11 is 9.38. The minimum absolute atomic E-state index is 0. The Balaban J connectivity index is 0.00000280. The van der Waals surface area contributed by atoms with E-state index < -0.39 is 44.4 Å². The molecular weight excluding hydrogens is 486 g/mol. The molecule has 1 aliphatic carbocycles. The van der Waals surface area contributed by atoms with Gasteiger partial charge in [-0.1, -0.05) is 11.6 Å². The highest BCUT2D eigenvalue weighted by Crippen LogP contribution is 2.50. The molecule has 158 valence electrons. The topological polar surface area (TPSA) is 208 Å². The molecule has 0 amide bonds. The number of fused-ring (bicyclic) bond motifs is 1. The van der Waals surface area contributed by atoms with Crippen LogP contribution in [-0.4, -0.2) is 72.0 Å². The van der Waals surface area contributed by atoms with Crippen LogP contribution in [0.3, 0.4) is 0 Å². The smallest absolute Gasteiger partial charge is 0.402 e. The highest BCUT2D eigenvalue weighted by Gasteiger charge is 2.51. The van der Waals surface area contributed by atoms with Crippen LogP contribution < -0.4 is 10.7 Å². The van der Waals surface area contributed by atoms with E-state index >= 15 is 0 Å². The first-order valence-corrected chi connectivity index (χ1v) is 10.3. The van der Waals surface area contributed by atoms with Gasteiger partial charge in [-0.3, -0.25) is 9.42 Å². The van der Waals surface area contributed by atoms with Crippen molar-refractivity contribution >= 4 is 46.3 Å². The number of hydrogen-bond acceptors (Lipinski definition) is 9. The van der Waals surface area contributed by atoms with Gasteiger partial charge in [0.15, 0.2) is 5.75 Å². The molecule has 10 N–H and O–H groups in total. The first-order chi connectivity index (χ1) is 12.5. The minimum atomic E-state index is -4.95. The average Bonchev–Trinajstić information content (AvgIpc) is 3.01. The number of phosphoric acid groups is 1. The molecule has 14 heteroatoms. The number of H-pyrrole nitrogens is 1. The molecule has 0 radical (unpaired) electrons. The number of aromatic nitrogens is 1. The van der Waals surface area contributed by atoms with Crippen LogP contribution in [0.25, 0.3) is 10.9 Å². The van der Waals surface area contributed by atoms with Crippen LogP contribution in [0.1, 0.15) is 0 Å². The summed E-state index contributed by atoms with van der Waals surface area (Å²) in [4.78, 5) is 12.8. The first-order valence-electron chi connectivity index (χ1n) is 7.59. The lowest BCUT2D eigenvalue weighted by molar-refractivity contribution is -0.219. The normalized spacial score (nSPS) is 32.6. The highest BCUT2D eigenvalue weighted by atomic mass is 79.9. The number of rotatable bonds is 4. The lowest BCUT2D eigenvalue weighted by Gasteiger charge is -2.41. The van der Waals surface area contributed by atoms with E-state index in [2.05, 4.69) is 20.9 Å². The van der Waals surface area contributed by atoms with Crippen LogP contribution >= 0.6 is 35.4 Å². The Labute approximate surface area is 171 Å². The molecule has 2 aromatic rings. The van der Waals surface area contributed by atoms with Gasteiger partial charge in [0, 0.05) is 10.7 Å². The Hall–Kier alpha value is -0.760. The Kier molecular flexibility index (Phi) is 7.17. The van der Waals surface area contributed by atoms with Crippen LogP contribution in [0.4, 0.5) is 0 Å². The third-order valence-corrected chi connectivity index (χ3v) is 6.46. The molecule has 0 saturated heterocycles. The fourth-order valence-electron chi connectivity index (χ4n) is 2.82. The predicted molar refractivity (Wildman–Crippen MR) is 101 cm³/mol. The van der Waals surface area contributed by atoms with Gasteiger partial charge < -0.3 is 41.2 Å². The van der Waals surface area contributed by atoms with Gasteiger partial charge in [0.25, 0.3) is 0 Å². The maximum Gasteiger partial charge on any atom is 0.527 e. The van der Waals surface area contributed by atoms with E-state index in [1.807, 2.05) is 0 Å². The number of aliphatic hydroxyl groups is 5. The van der Waals surface area contributed by atoms with Gasteiger partial charge in [-0.05, 0) is 28.1 Å². The molecule has 5 unspecified atom stereocenters. The second-order valence-electron chi connectivity index (χ2n) is 6.02. The van der Waals surface area contributed by atoms with Crippen molar-refractivity contribution in [1.82, 2.24) is 11.1 Å². The van der Waals surface area contributed by atoms with Crippen LogP contribution in [0.15, 0.2) is 22.8 Å². The summed E-state index contributed by atoms with van der Waals surface area (Å²) in [5.74, 6) is -0.136. The van der Waals surface area contributed by atoms with E-state index in [-0.39, 0.29) is 22.3 Å². The number of phosphoric ester groups is 1. The van der Waals surface area contributed by atoms with Crippen molar-refractivity contribution in [3.8, 4) is 5.75 Å². The Morgan fingerprint density at radius 1 is 1.04 bits per heavy atom. The van der Waals surface area contributed by atoms with Crippen molar-refractivity contribution in [1.29, 1.82) is 0 Å². The van der Waals surface area contributed by atoms with E-state index in [1.54, 1.807) is 12.1 Å². The van der Waals surface area contributed by atoms with Crippen LogP contribution in [0.5, 0.6) is 5.75 Å². The van der Waals surface area contributed by atoms with E-state index in [9.17, 15) is 35.0 Å². The zero-order valence-electron chi connectivity index (χ0n) is 14.0. The summed E-state index contributed by atoms with van der Waals surface area (Å²) in [5.41, 5.74) is 0.505. The second kappa shape index (κ2) is 8.54. The number of aromatic amines is 1. The molecule has 5 atom stereocenters. The van der Waals surface area contributed by atoms with E-state index in [0.29, 0.717) is 9.99 Å². The Bertz CT molecular complexity index is 883.